The van der Waals surface area contributed by atoms with Gasteiger partial charge < -0.3 is 15.5 Å². The molecular formula is C8H17N3OS. The second-order valence-corrected chi connectivity index (χ2v) is 2.87. The van der Waals surface area contributed by atoms with Gasteiger partial charge in [-0.2, -0.15) is 0 Å². The van der Waals surface area contributed by atoms with Gasteiger partial charge in [-0.15, -0.1) is 0 Å². The molecule has 0 bridgehead atoms. The molecule has 1 heterocycles. The smallest absolute Gasteiger partial charge is 0.225 e. The van der Waals surface area contributed by atoms with Crippen LogP contribution >= 0.6 is 12.2 Å². The van der Waals surface area contributed by atoms with Crippen molar-refractivity contribution in [2.45, 2.75) is 27.2 Å². The Labute approximate surface area is 84.7 Å². The molecule has 4 nitrogen and oxygen atoms in total. The van der Waals surface area contributed by atoms with Crippen LogP contribution in [-0.2, 0) is 4.79 Å². The fourth-order valence-electron chi connectivity index (χ4n) is 0.891. The minimum atomic E-state index is 0.150. The molecule has 0 atom stereocenters. The Kier molecular flexibility index (Phi) is 5.37. The zero-order valence-electron chi connectivity index (χ0n) is 8.41. The summed E-state index contributed by atoms with van der Waals surface area (Å²) in [4.78, 5) is 14.5. The van der Waals surface area contributed by atoms with E-state index in [1.165, 1.54) is 0 Å². The summed E-state index contributed by atoms with van der Waals surface area (Å²) in [5.41, 5.74) is 5.32. The van der Waals surface area contributed by atoms with Crippen LogP contribution in [0.15, 0.2) is 0 Å². The fraction of sp³-hybridized carbons (Fsp3) is 0.750. The molecule has 0 aliphatic carbocycles. The van der Waals surface area contributed by atoms with Gasteiger partial charge in [0, 0.05) is 6.42 Å². The molecule has 0 saturated carbocycles. The Balaban J connectivity index is 0.000000671. The third kappa shape index (κ3) is 3.18. The molecule has 1 rings (SSSR count). The molecule has 1 fully saturated rings. The molecule has 0 aromatic rings. The Morgan fingerprint density at radius 2 is 1.85 bits per heavy atom. The summed E-state index contributed by atoms with van der Waals surface area (Å²) in [7, 11) is 0. The number of thiocarbonyl (C=S) groups is 1. The summed E-state index contributed by atoms with van der Waals surface area (Å²) >= 11 is 4.71. The van der Waals surface area contributed by atoms with E-state index in [4.69, 9.17) is 18.0 Å². The van der Waals surface area contributed by atoms with Crippen LogP contribution < -0.4 is 5.73 Å². The second-order valence-electron chi connectivity index (χ2n) is 2.45. The van der Waals surface area contributed by atoms with Gasteiger partial charge in [0.25, 0.3) is 0 Å². The Morgan fingerprint density at radius 1 is 1.38 bits per heavy atom. The molecule has 76 valence electrons. The van der Waals surface area contributed by atoms with Crippen LogP contribution in [-0.4, -0.2) is 34.2 Å². The van der Waals surface area contributed by atoms with E-state index in [9.17, 15) is 4.79 Å². The topological polar surface area (TPSA) is 49.6 Å². The van der Waals surface area contributed by atoms with E-state index in [1.807, 2.05) is 20.8 Å². The first kappa shape index (κ1) is 12.2. The number of rotatable bonds is 1. The number of amides is 1. The van der Waals surface area contributed by atoms with Crippen LogP contribution in [0.3, 0.4) is 0 Å². The van der Waals surface area contributed by atoms with E-state index in [0.717, 1.165) is 0 Å². The summed E-state index contributed by atoms with van der Waals surface area (Å²) in [6, 6.07) is 0. The number of nitrogens with zero attached hydrogens (tertiary/aromatic N) is 2. The summed E-state index contributed by atoms with van der Waals surface area (Å²) in [5.74, 6) is 0.150. The Hall–Kier alpha value is -0.840. The highest BCUT2D eigenvalue weighted by molar-refractivity contribution is 7.80. The molecule has 0 radical (unpaired) electrons. The zero-order chi connectivity index (χ0) is 10.4. The molecule has 0 aromatic carbocycles. The van der Waals surface area contributed by atoms with Crippen LogP contribution in [0.5, 0.6) is 0 Å². The highest BCUT2D eigenvalue weighted by Crippen LogP contribution is 2.09. The van der Waals surface area contributed by atoms with Gasteiger partial charge in [-0.05, 0) is 12.2 Å². The van der Waals surface area contributed by atoms with Gasteiger partial charge in [-0.25, -0.2) is 0 Å². The minimum absolute atomic E-state index is 0.150. The molecule has 1 amide bonds. The van der Waals surface area contributed by atoms with Gasteiger partial charge in [-0.1, -0.05) is 20.8 Å². The van der Waals surface area contributed by atoms with Gasteiger partial charge in [0.2, 0.25) is 5.91 Å². The van der Waals surface area contributed by atoms with Gasteiger partial charge in [0.05, 0.1) is 13.3 Å². The number of nitrogens with two attached hydrogens (primary N) is 1. The van der Waals surface area contributed by atoms with Gasteiger partial charge >= 0.3 is 0 Å². The molecular weight excluding hydrogens is 186 g/mol. The van der Waals surface area contributed by atoms with E-state index in [1.54, 1.807) is 9.80 Å². The predicted octanol–water partition coefficient (Wildman–Crippen LogP) is 0.725. The molecule has 0 aromatic heterocycles. The fourth-order valence-corrected chi connectivity index (χ4v) is 1.01. The third-order valence-electron chi connectivity index (χ3n) is 1.65. The Bertz CT molecular complexity index is 190. The van der Waals surface area contributed by atoms with Crippen LogP contribution in [0.2, 0.25) is 0 Å². The van der Waals surface area contributed by atoms with E-state index >= 15 is 0 Å². The summed E-state index contributed by atoms with van der Waals surface area (Å²) in [6.07, 6.45) is 0.547. The average Bonchev–Trinajstić information content (AvgIpc) is 2.04. The molecule has 1 saturated heterocycles. The maximum absolute atomic E-state index is 11.0. The lowest BCUT2D eigenvalue weighted by Gasteiger charge is -2.42. The van der Waals surface area contributed by atoms with E-state index in [0.29, 0.717) is 24.9 Å². The lowest BCUT2D eigenvalue weighted by atomic mass is 10.4. The molecule has 0 unspecified atom stereocenters. The number of hydrogen-bond acceptors (Lipinski definition) is 2. The first-order chi connectivity index (χ1) is 6.15. The van der Waals surface area contributed by atoms with Gasteiger partial charge in [0.15, 0.2) is 5.11 Å². The SMILES string of the molecule is CC.CCC(=O)N1CN(C(N)=S)C1. The van der Waals surface area contributed by atoms with Crippen molar-refractivity contribution in [3.8, 4) is 0 Å². The predicted molar refractivity (Wildman–Crippen MR) is 56.8 cm³/mol. The quantitative estimate of drug-likeness (QED) is 0.638. The van der Waals surface area contributed by atoms with Crippen molar-refractivity contribution in [3.05, 3.63) is 0 Å². The van der Waals surface area contributed by atoms with Gasteiger partial charge in [0.1, 0.15) is 0 Å². The van der Waals surface area contributed by atoms with Crippen molar-refractivity contribution in [1.82, 2.24) is 9.80 Å². The van der Waals surface area contributed by atoms with E-state index in [2.05, 4.69) is 0 Å². The maximum atomic E-state index is 11.0. The number of carbonyl (C=O) groups is 1. The monoisotopic (exact) mass is 203 g/mol. The molecule has 13 heavy (non-hydrogen) atoms. The van der Waals surface area contributed by atoms with E-state index in [-0.39, 0.29) is 5.91 Å². The van der Waals surface area contributed by atoms with Crippen molar-refractivity contribution < 1.29 is 4.79 Å². The Morgan fingerprint density at radius 3 is 2.15 bits per heavy atom. The normalized spacial score (nSPS) is 14.1. The second kappa shape index (κ2) is 5.75. The molecule has 1 aliphatic heterocycles. The highest BCUT2D eigenvalue weighted by atomic mass is 32.1. The van der Waals surface area contributed by atoms with Crippen molar-refractivity contribution in [1.29, 1.82) is 0 Å². The molecule has 1 aliphatic rings. The highest BCUT2D eigenvalue weighted by Gasteiger charge is 2.27. The molecule has 5 heteroatoms. The number of hydrogen-bond donors (Lipinski definition) is 1. The summed E-state index contributed by atoms with van der Waals surface area (Å²) in [5, 5.41) is 0.366. The average molecular weight is 203 g/mol. The summed E-state index contributed by atoms with van der Waals surface area (Å²) in [6.45, 7) is 6.95. The lowest BCUT2D eigenvalue weighted by Crippen LogP contribution is -2.60. The third-order valence-corrected chi connectivity index (χ3v) is 1.91. The van der Waals surface area contributed by atoms with Gasteiger partial charge in [-0.3, -0.25) is 4.79 Å². The number of carbonyl (C=O) groups excluding carboxylic acids is 1. The van der Waals surface area contributed by atoms with Crippen LogP contribution in [0, 0.1) is 0 Å². The lowest BCUT2D eigenvalue weighted by molar-refractivity contribution is -0.141. The van der Waals surface area contributed by atoms with Crippen LogP contribution in [0.25, 0.3) is 0 Å². The van der Waals surface area contributed by atoms with Crippen molar-refractivity contribution in [2.75, 3.05) is 13.3 Å². The van der Waals surface area contributed by atoms with Crippen molar-refractivity contribution >= 4 is 23.2 Å². The largest absolute Gasteiger partial charge is 0.376 e. The first-order valence-corrected chi connectivity index (χ1v) is 4.88. The minimum Gasteiger partial charge on any atom is -0.376 e. The molecule has 0 spiro atoms. The zero-order valence-corrected chi connectivity index (χ0v) is 9.23. The van der Waals surface area contributed by atoms with Crippen molar-refractivity contribution in [2.24, 2.45) is 5.73 Å². The summed E-state index contributed by atoms with van der Waals surface area (Å²) < 4.78 is 0. The van der Waals surface area contributed by atoms with Crippen LogP contribution in [0.1, 0.15) is 27.2 Å². The standard InChI is InChI=1S/C6H11N3OS.C2H6/c1-2-5(10)8-3-9(4-8)6(7)11;1-2/h2-4H2,1H3,(H2,7,11);1-2H3. The van der Waals surface area contributed by atoms with E-state index < -0.39 is 0 Å². The van der Waals surface area contributed by atoms with Crippen LogP contribution in [0.4, 0.5) is 0 Å². The molecule has 2 N–H and O–H groups in total. The first-order valence-electron chi connectivity index (χ1n) is 4.47. The maximum Gasteiger partial charge on any atom is 0.225 e. The van der Waals surface area contributed by atoms with Crippen molar-refractivity contribution in [3.63, 3.8) is 0 Å².